The normalized spacial score (nSPS) is 30.0. The van der Waals surface area contributed by atoms with E-state index >= 15 is 0 Å². The van der Waals surface area contributed by atoms with E-state index in [1.165, 1.54) is 0 Å². The Labute approximate surface area is 63.8 Å². The molecule has 62 valence electrons. The van der Waals surface area contributed by atoms with Crippen LogP contribution in [-0.4, -0.2) is 22.8 Å². The van der Waals surface area contributed by atoms with Crippen LogP contribution in [0.2, 0.25) is 0 Å². The fourth-order valence-electron chi connectivity index (χ4n) is 1.02. The van der Waals surface area contributed by atoms with Crippen LogP contribution in [0.3, 0.4) is 0 Å². The lowest BCUT2D eigenvalue weighted by Crippen LogP contribution is -2.46. The number of urea groups is 1. The van der Waals surface area contributed by atoms with Gasteiger partial charge >= 0.3 is 6.03 Å². The molecule has 1 aliphatic heterocycles. The molecular weight excluding hydrogens is 148 g/mol. The van der Waals surface area contributed by atoms with Crippen molar-refractivity contribution < 1.29 is 14.7 Å². The Bertz CT molecular complexity index is 204. The highest BCUT2D eigenvalue weighted by Gasteiger charge is 2.43. The van der Waals surface area contributed by atoms with Gasteiger partial charge in [0.2, 0.25) is 5.72 Å². The third-order valence-electron chi connectivity index (χ3n) is 1.53. The molecular formula is C6H10N2O3. The minimum absolute atomic E-state index is 0.241. The molecule has 0 radical (unpaired) electrons. The molecule has 5 heteroatoms. The Morgan fingerprint density at radius 2 is 2.18 bits per heavy atom. The molecule has 0 aromatic heterocycles. The number of carbonyl (C=O) groups excluding carboxylic acids is 2. The van der Waals surface area contributed by atoms with Crippen molar-refractivity contribution in [2.75, 3.05) is 0 Å². The van der Waals surface area contributed by atoms with E-state index in [1.54, 1.807) is 0 Å². The fraction of sp³-hybridized carbons (Fsp3) is 0.667. The maximum Gasteiger partial charge on any atom is 0.324 e. The summed E-state index contributed by atoms with van der Waals surface area (Å²) in [4.78, 5) is 21.4. The van der Waals surface area contributed by atoms with Crippen LogP contribution in [0.1, 0.15) is 19.8 Å². The summed E-state index contributed by atoms with van der Waals surface area (Å²) < 4.78 is 0. The van der Waals surface area contributed by atoms with Crippen molar-refractivity contribution in [1.82, 2.24) is 10.6 Å². The maximum atomic E-state index is 10.9. The van der Waals surface area contributed by atoms with Gasteiger partial charge in [-0.2, -0.15) is 0 Å². The highest BCUT2D eigenvalue weighted by atomic mass is 16.3. The molecule has 1 aliphatic rings. The zero-order valence-electron chi connectivity index (χ0n) is 6.18. The van der Waals surface area contributed by atoms with E-state index in [0.29, 0.717) is 6.42 Å². The van der Waals surface area contributed by atoms with Gasteiger partial charge in [0, 0.05) is 6.42 Å². The van der Waals surface area contributed by atoms with Crippen molar-refractivity contribution in [3.05, 3.63) is 0 Å². The minimum atomic E-state index is -1.67. The molecule has 1 heterocycles. The van der Waals surface area contributed by atoms with Crippen molar-refractivity contribution in [3.8, 4) is 0 Å². The van der Waals surface area contributed by atoms with E-state index in [-0.39, 0.29) is 6.42 Å². The molecule has 0 bridgehead atoms. The van der Waals surface area contributed by atoms with Crippen LogP contribution >= 0.6 is 0 Å². The summed E-state index contributed by atoms with van der Waals surface area (Å²) in [5, 5.41) is 13.5. The smallest absolute Gasteiger partial charge is 0.324 e. The van der Waals surface area contributed by atoms with Crippen molar-refractivity contribution in [2.45, 2.75) is 25.5 Å². The summed E-state index contributed by atoms with van der Waals surface area (Å²) in [6, 6.07) is -0.633. The Hall–Kier alpha value is -1.10. The topological polar surface area (TPSA) is 78.4 Å². The van der Waals surface area contributed by atoms with Gasteiger partial charge in [-0.3, -0.25) is 10.1 Å². The number of hydrogen-bond donors (Lipinski definition) is 3. The van der Waals surface area contributed by atoms with Gasteiger partial charge in [0.1, 0.15) is 0 Å². The number of hydrogen-bond acceptors (Lipinski definition) is 3. The molecule has 1 rings (SSSR count). The second kappa shape index (κ2) is 2.50. The van der Waals surface area contributed by atoms with Gasteiger partial charge in [0.25, 0.3) is 5.91 Å². The van der Waals surface area contributed by atoms with Gasteiger partial charge in [-0.25, -0.2) is 4.79 Å². The summed E-state index contributed by atoms with van der Waals surface area (Å²) in [5.74, 6) is -0.663. The summed E-state index contributed by atoms with van der Waals surface area (Å²) in [5.41, 5.74) is -1.67. The largest absolute Gasteiger partial charge is 0.363 e. The lowest BCUT2D eigenvalue weighted by molar-refractivity contribution is -0.137. The quantitative estimate of drug-likeness (QED) is 0.465. The van der Waals surface area contributed by atoms with Crippen LogP contribution in [0.25, 0.3) is 0 Å². The molecule has 1 fully saturated rings. The summed E-state index contributed by atoms with van der Waals surface area (Å²) in [6.07, 6.45) is 0.870. The van der Waals surface area contributed by atoms with E-state index in [9.17, 15) is 14.7 Å². The zero-order valence-corrected chi connectivity index (χ0v) is 6.18. The first-order chi connectivity index (χ1) is 5.08. The number of aliphatic hydroxyl groups is 1. The highest BCUT2D eigenvalue weighted by Crippen LogP contribution is 2.12. The van der Waals surface area contributed by atoms with E-state index in [2.05, 4.69) is 5.32 Å². The van der Waals surface area contributed by atoms with Crippen LogP contribution in [0.5, 0.6) is 0 Å². The molecule has 0 aromatic rings. The Kier molecular flexibility index (Phi) is 1.82. The van der Waals surface area contributed by atoms with E-state index in [1.807, 2.05) is 12.2 Å². The molecule has 1 saturated heterocycles. The van der Waals surface area contributed by atoms with Gasteiger partial charge in [0.05, 0.1) is 0 Å². The first kappa shape index (κ1) is 8.00. The Balaban J connectivity index is 2.70. The molecule has 0 saturated carbocycles. The van der Waals surface area contributed by atoms with Crippen LogP contribution in [0, 0.1) is 0 Å². The first-order valence-electron chi connectivity index (χ1n) is 3.44. The summed E-state index contributed by atoms with van der Waals surface area (Å²) in [7, 11) is 0. The van der Waals surface area contributed by atoms with Crippen LogP contribution < -0.4 is 10.6 Å². The number of carbonyl (C=O) groups is 2. The molecule has 0 aliphatic carbocycles. The van der Waals surface area contributed by atoms with E-state index < -0.39 is 17.7 Å². The molecule has 1 unspecified atom stereocenters. The van der Waals surface area contributed by atoms with Gasteiger partial charge in [-0.05, 0) is 0 Å². The van der Waals surface area contributed by atoms with E-state index in [4.69, 9.17) is 0 Å². The molecule has 1 atom stereocenters. The van der Waals surface area contributed by atoms with Gasteiger partial charge in [0.15, 0.2) is 0 Å². The molecule has 0 spiro atoms. The molecule has 5 nitrogen and oxygen atoms in total. The lowest BCUT2D eigenvalue weighted by atomic mass is 10.1. The molecule has 11 heavy (non-hydrogen) atoms. The number of rotatable bonds is 2. The third-order valence-corrected chi connectivity index (χ3v) is 1.53. The SMILES string of the molecule is CCCC1(O)NC(=O)NC1=O. The highest BCUT2D eigenvalue weighted by molar-refractivity contribution is 6.05. The minimum Gasteiger partial charge on any atom is -0.363 e. The van der Waals surface area contributed by atoms with Crippen LogP contribution in [-0.2, 0) is 4.79 Å². The number of imide groups is 1. The van der Waals surface area contributed by atoms with Gasteiger partial charge < -0.3 is 10.4 Å². The van der Waals surface area contributed by atoms with Crippen molar-refractivity contribution in [3.63, 3.8) is 0 Å². The second-order valence-electron chi connectivity index (χ2n) is 2.52. The lowest BCUT2D eigenvalue weighted by Gasteiger charge is -2.16. The molecule has 0 aromatic carbocycles. The molecule has 3 N–H and O–H groups in total. The Morgan fingerprint density at radius 1 is 1.55 bits per heavy atom. The fourth-order valence-corrected chi connectivity index (χ4v) is 1.02. The maximum absolute atomic E-state index is 10.9. The second-order valence-corrected chi connectivity index (χ2v) is 2.52. The van der Waals surface area contributed by atoms with Crippen molar-refractivity contribution >= 4 is 11.9 Å². The summed E-state index contributed by atoms with van der Waals surface area (Å²) in [6.45, 7) is 1.82. The number of amides is 3. The monoisotopic (exact) mass is 158 g/mol. The summed E-state index contributed by atoms with van der Waals surface area (Å²) >= 11 is 0. The Morgan fingerprint density at radius 3 is 2.55 bits per heavy atom. The predicted molar refractivity (Wildman–Crippen MR) is 36.5 cm³/mol. The third kappa shape index (κ3) is 1.32. The van der Waals surface area contributed by atoms with Crippen molar-refractivity contribution in [1.29, 1.82) is 0 Å². The first-order valence-corrected chi connectivity index (χ1v) is 3.44. The van der Waals surface area contributed by atoms with Gasteiger partial charge in [-0.1, -0.05) is 13.3 Å². The van der Waals surface area contributed by atoms with Crippen LogP contribution in [0.4, 0.5) is 4.79 Å². The van der Waals surface area contributed by atoms with Crippen LogP contribution in [0.15, 0.2) is 0 Å². The van der Waals surface area contributed by atoms with E-state index in [0.717, 1.165) is 0 Å². The zero-order chi connectivity index (χ0) is 8.48. The average Bonchev–Trinajstić information content (AvgIpc) is 2.08. The van der Waals surface area contributed by atoms with Crippen molar-refractivity contribution in [2.24, 2.45) is 0 Å². The molecule has 3 amide bonds. The predicted octanol–water partition coefficient (Wildman–Crippen LogP) is -0.686. The average molecular weight is 158 g/mol. The number of nitrogens with one attached hydrogen (secondary N) is 2. The standard InChI is InChI=1S/C6H10N2O3/c1-2-3-6(11)4(9)7-5(10)8-6/h11H,2-3H2,1H3,(H2,7,8,9,10). The van der Waals surface area contributed by atoms with Gasteiger partial charge in [-0.15, -0.1) is 0 Å².